The minimum absolute atomic E-state index is 0.00409. The summed E-state index contributed by atoms with van der Waals surface area (Å²) < 4.78 is 15.8. The third-order valence-electron chi connectivity index (χ3n) is 4.43. The summed E-state index contributed by atoms with van der Waals surface area (Å²) in [4.78, 5) is 37.9. The molecule has 1 unspecified atom stereocenters. The number of Topliss-reactive ketones (excluding diaryl/α,β-unsaturated/α-hetero) is 1. The molecule has 0 saturated heterocycles. The minimum Gasteiger partial charge on any atom is -0.465 e. The molecule has 1 atom stereocenters. The van der Waals surface area contributed by atoms with Gasteiger partial charge >= 0.3 is 11.9 Å². The van der Waals surface area contributed by atoms with E-state index < -0.39 is 23.5 Å². The number of esters is 2. The Morgan fingerprint density at radius 2 is 1.57 bits per heavy atom. The number of rotatable bonds is 9. The number of allylic oxidation sites excluding steroid dienone is 2. The number of hydrogen-bond donors (Lipinski definition) is 0. The second-order valence-electron chi connectivity index (χ2n) is 6.22. The van der Waals surface area contributed by atoms with Crippen LogP contribution in [0.2, 0.25) is 0 Å². The molecule has 0 spiro atoms. The molecule has 0 fully saturated rings. The lowest BCUT2D eigenvalue weighted by Gasteiger charge is -2.28. The molecule has 1 aromatic carbocycles. The average molecular weight is 386 g/mol. The molecule has 6 heteroatoms. The first-order valence-corrected chi connectivity index (χ1v) is 9.44. The minimum atomic E-state index is -1.57. The Labute approximate surface area is 165 Å². The highest BCUT2D eigenvalue weighted by Gasteiger charge is 2.47. The van der Waals surface area contributed by atoms with Gasteiger partial charge in [-0.15, -0.1) is 0 Å². The van der Waals surface area contributed by atoms with Gasteiger partial charge in [0, 0.05) is 12.2 Å². The summed E-state index contributed by atoms with van der Waals surface area (Å²) in [6, 6.07) is 9.20. The lowest BCUT2D eigenvalue weighted by molar-refractivity contribution is -0.168. The van der Waals surface area contributed by atoms with E-state index in [2.05, 4.69) is 0 Å². The van der Waals surface area contributed by atoms with E-state index in [0.717, 1.165) is 5.56 Å². The Balaban J connectivity index is 2.28. The molecular formula is C22H26O6. The quantitative estimate of drug-likeness (QED) is 0.478. The van der Waals surface area contributed by atoms with Gasteiger partial charge in [-0.3, -0.25) is 14.4 Å². The number of carbonyl (C=O) groups is 3. The average Bonchev–Trinajstić information content (AvgIpc) is 2.72. The SMILES string of the molecule is CCOC(=O)C1(C(=O)OCC)C=CC(C(=O)C(OCC)c2ccccc2)=CC1. The molecule has 0 saturated carbocycles. The smallest absolute Gasteiger partial charge is 0.327 e. The summed E-state index contributed by atoms with van der Waals surface area (Å²) in [5.41, 5.74) is -0.438. The van der Waals surface area contributed by atoms with Crippen LogP contribution in [-0.2, 0) is 28.6 Å². The van der Waals surface area contributed by atoms with Crippen LogP contribution in [0.1, 0.15) is 38.9 Å². The van der Waals surface area contributed by atoms with Gasteiger partial charge in [0.05, 0.1) is 13.2 Å². The van der Waals surface area contributed by atoms with Crippen molar-refractivity contribution in [1.82, 2.24) is 0 Å². The molecular weight excluding hydrogens is 360 g/mol. The fraction of sp³-hybridized carbons (Fsp3) is 0.409. The van der Waals surface area contributed by atoms with Gasteiger partial charge in [0.15, 0.2) is 11.2 Å². The Kier molecular flexibility index (Phi) is 7.70. The fourth-order valence-corrected chi connectivity index (χ4v) is 3.00. The Hall–Kier alpha value is -2.73. The maximum atomic E-state index is 13.0. The first-order valence-electron chi connectivity index (χ1n) is 9.44. The molecule has 150 valence electrons. The van der Waals surface area contributed by atoms with Gasteiger partial charge in [-0.2, -0.15) is 0 Å². The Morgan fingerprint density at radius 3 is 2.04 bits per heavy atom. The number of ether oxygens (including phenoxy) is 3. The second-order valence-corrected chi connectivity index (χ2v) is 6.22. The second kappa shape index (κ2) is 9.99. The van der Waals surface area contributed by atoms with Crippen LogP contribution in [0.5, 0.6) is 0 Å². The number of benzene rings is 1. The van der Waals surface area contributed by atoms with Crippen molar-refractivity contribution in [2.75, 3.05) is 19.8 Å². The first-order chi connectivity index (χ1) is 13.5. The summed E-state index contributed by atoms with van der Waals surface area (Å²) >= 11 is 0. The van der Waals surface area contributed by atoms with Crippen molar-refractivity contribution < 1.29 is 28.6 Å². The van der Waals surface area contributed by atoms with E-state index in [0.29, 0.717) is 12.2 Å². The van der Waals surface area contributed by atoms with Crippen LogP contribution in [0.3, 0.4) is 0 Å². The van der Waals surface area contributed by atoms with E-state index in [4.69, 9.17) is 14.2 Å². The summed E-state index contributed by atoms with van der Waals surface area (Å²) in [7, 11) is 0. The van der Waals surface area contributed by atoms with Crippen LogP contribution < -0.4 is 0 Å². The molecule has 0 N–H and O–H groups in total. The first kappa shape index (κ1) is 21.6. The Morgan fingerprint density at radius 1 is 0.964 bits per heavy atom. The van der Waals surface area contributed by atoms with Crippen molar-refractivity contribution in [3.63, 3.8) is 0 Å². The van der Waals surface area contributed by atoms with E-state index in [9.17, 15) is 14.4 Å². The van der Waals surface area contributed by atoms with E-state index >= 15 is 0 Å². The van der Waals surface area contributed by atoms with Crippen molar-refractivity contribution in [3.05, 3.63) is 59.7 Å². The molecule has 28 heavy (non-hydrogen) atoms. The van der Waals surface area contributed by atoms with Crippen molar-refractivity contribution in [2.45, 2.75) is 33.3 Å². The van der Waals surface area contributed by atoms with E-state index in [-0.39, 0.29) is 25.4 Å². The zero-order valence-corrected chi connectivity index (χ0v) is 16.5. The largest absolute Gasteiger partial charge is 0.465 e. The predicted octanol–water partition coefficient (Wildman–Crippen LogP) is 3.33. The number of ketones is 1. The van der Waals surface area contributed by atoms with E-state index in [1.807, 2.05) is 37.3 Å². The lowest BCUT2D eigenvalue weighted by Crippen LogP contribution is -2.41. The normalized spacial score (nSPS) is 16.0. The maximum Gasteiger partial charge on any atom is 0.327 e. The highest BCUT2D eigenvalue weighted by Crippen LogP contribution is 2.35. The third-order valence-corrected chi connectivity index (χ3v) is 4.43. The third kappa shape index (κ3) is 4.57. The van der Waals surface area contributed by atoms with Gasteiger partial charge < -0.3 is 14.2 Å². The molecule has 1 aliphatic rings. The molecule has 1 aliphatic carbocycles. The van der Waals surface area contributed by atoms with Crippen LogP contribution >= 0.6 is 0 Å². The molecule has 0 radical (unpaired) electrons. The zero-order valence-electron chi connectivity index (χ0n) is 16.5. The molecule has 2 rings (SSSR count). The van der Waals surface area contributed by atoms with Gasteiger partial charge in [-0.25, -0.2) is 0 Å². The monoisotopic (exact) mass is 386 g/mol. The van der Waals surface area contributed by atoms with Crippen LogP contribution in [0, 0.1) is 5.41 Å². The predicted molar refractivity (Wildman–Crippen MR) is 103 cm³/mol. The fourth-order valence-electron chi connectivity index (χ4n) is 3.00. The summed E-state index contributed by atoms with van der Waals surface area (Å²) in [5, 5.41) is 0. The van der Waals surface area contributed by atoms with Crippen molar-refractivity contribution in [2.24, 2.45) is 5.41 Å². The van der Waals surface area contributed by atoms with Gasteiger partial charge in [0.1, 0.15) is 6.10 Å². The Bertz CT molecular complexity index is 744. The van der Waals surface area contributed by atoms with Gasteiger partial charge in [0.25, 0.3) is 0 Å². The topological polar surface area (TPSA) is 78.9 Å². The van der Waals surface area contributed by atoms with Crippen LogP contribution in [0.15, 0.2) is 54.1 Å². The van der Waals surface area contributed by atoms with Crippen LogP contribution in [0.4, 0.5) is 0 Å². The van der Waals surface area contributed by atoms with Gasteiger partial charge in [-0.05, 0) is 32.8 Å². The highest BCUT2D eigenvalue weighted by molar-refractivity contribution is 6.06. The summed E-state index contributed by atoms with van der Waals surface area (Å²) in [5.74, 6) is -1.60. The molecule has 0 bridgehead atoms. The van der Waals surface area contributed by atoms with Gasteiger partial charge in [-0.1, -0.05) is 48.6 Å². The molecule has 0 aliphatic heterocycles. The molecule has 0 amide bonds. The molecule has 0 heterocycles. The lowest BCUT2D eigenvalue weighted by atomic mass is 9.78. The maximum absolute atomic E-state index is 13.0. The van der Waals surface area contributed by atoms with Crippen molar-refractivity contribution in [1.29, 1.82) is 0 Å². The molecule has 1 aromatic rings. The molecule has 6 nitrogen and oxygen atoms in total. The number of carbonyl (C=O) groups excluding carboxylic acids is 3. The zero-order chi connectivity index (χ0) is 20.6. The van der Waals surface area contributed by atoms with Crippen molar-refractivity contribution in [3.8, 4) is 0 Å². The van der Waals surface area contributed by atoms with Crippen molar-refractivity contribution >= 4 is 17.7 Å². The molecule has 0 aromatic heterocycles. The van der Waals surface area contributed by atoms with E-state index in [1.165, 1.54) is 12.2 Å². The van der Waals surface area contributed by atoms with Crippen LogP contribution in [0.25, 0.3) is 0 Å². The summed E-state index contributed by atoms with van der Waals surface area (Å²) in [6.45, 7) is 5.81. The van der Waals surface area contributed by atoms with Gasteiger partial charge in [0.2, 0.25) is 0 Å². The van der Waals surface area contributed by atoms with Crippen LogP contribution in [-0.4, -0.2) is 37.5 Å². The number of hydrogen-bond acceptors (Lipinski definition) is 6. The van der Waals surface area contributed by atoms with E-state index in [1.54, 1.807) is 19.9 Å². The standard InChI is InChI=1S/C22H26O6/c1-4-26-19(17-10-8-7-9-11-17)18(23)16-12-14-22(15-13-16,20(24)27-5-2)21(25)28-6-3/h7-14,19H,4-6,15H2,1-3H3. The highest BCUT2D eigenvalue weighted by atomic mass is 16.6. The summed E-state index contributed by atoms with van der Waals surface area (Å²) in [6.07, 6.45) is 3.71.